The van der Waals surface area contributed by atoms with Crippen LogP contribution < -0.4 is 11.1 Å². The molecule has 0 saturated heterocycles. The highest BCUT2D eigenvalue weighted by Gasteiger charge is 2.23. The van der Waals surface area contributed by atoms with E-state index < -0.39 is 12.0 Å². The standard InChI is InChI=1S/C12H19N3O3S/c1-7(2)11(12(17)18)15-9(16)5-8-6-19-10(14-8)3-4-13/h6-7,11H,3-5,13H2,1-2H3,(H,15,16)(H,17,18). The molecule has 0 aliphatic rings. The molecular formula is C12H19N3O3S. The summed E-state index contributed by atoms with van der Waals surface area (Å²) in [5.41, 5.74) is 6.08. The predicted molar refractivity (Wildman–Crippen MR) is 73.0 cm³/mol. The normalized spacial score (nSPS) is 12.4. The number of hydrogen-bond donors (Lipinski definition) is 3. The van der Waals surface area contributed by atoms with Crippen molar-refractivity contribution in [2.45, 2.75) is 32.7 Å². The molecular weight excluding hydrogens is 266 g/mol. The topological polar surface area (TPSA) is 105 Å². The minimum absolute atomic E-state index is 0.0948. The van der Waals surface area contributed by atoms with E-state index in [9.17, 15) is 9.59 Å². The Labute approximate surface area is 116 Å². The lowest BCUT2D eigenvalue weighted by Gasteiger charge is -2.17. The number of thiazole rings is 1. The zero-order valence-corrected chi connectivity index (χ0v) is 11.9. The number of nitrogens with two attached hydrogens (primary N) is 1. The number of aromatic nitrogens is 1. The molecule has 0 aliphatic carbocycles. The third-order valence-electron chi connectivity index (χ3n) is 2.55. The van der Waals surface area contributed by atoms with Crippen LogP contribution in [0.3, 0.4) is 0 Å². The SMILES string of the molecule is CC(C)C(NC(=O)Cc1csc(CCN)n1)C(=O)O. The second-order valence-corrected chi connectivity index (χ2v) is 5.52. The fourth-order valence-corrected chi connectivity index (χ4v) is 2.38. The first-order chi connectivity index (χ1) is 8.93. The lowest BCUT2D eigenvalue weighted by Crippen LogP contribution is -2.44. The van der Waals surface area contributed by atoms with Gasteiger partial charge >= 0.3 is 5.97 Å². The van der Waals surface area contributed by atoms with Crippen LogP contribution in [0.4, 0.5) is 0 Å². The lowest BCUT2D eigenvalue weighted by atomic mass is 10.0. The van der Waals surface area contributed by atoms with E-state index in [1.807, 2.05) is 0 Å². The van der Waals surface area contributed by atoms with Gasteiger partial charge in [0.1, 0.15) is 6.04 Å². The molecule has 0 saturated carbocycles. The number of hydrogen-bond acceptors (Lipinski definition) is 5. The minimum atomic E-state index is -1.02. The van der Waals surface area contributed by atoms with Crippen molar-refractivity contribution in [2.75, 3.05) is 6.54 Å². The van der Waals surface area contributed by atoms with Crippen molar-refractivity contribution in [3.63, 3.8) is 0 Å². The molecule has 0 aliphatic heterocycles. The van der Waals surface area contributed by atoms with Crippen LogP contribution in [-0.2, 0) is 22.4 Å². The Morgan fingerprint density at radius 3 is 2.74 bits per heavy atom. The van der Waals surface area contributed by atoms with Gasteiger partial charge in [0, 0.05) is 11.8 Å². The van der Waals surface area contributed by atoms with Crippen LogP contribution in [0, 0.1) is 5.92 Å². The number of nitrogens with zero attached hydrogens (tertiary/aromatic N) is 1. The van der Waals surface area contributed by atoms with Crippen LogP contribution in [0.5, 0.6) is 0 Å². The van der Waals surface area contributed by atoms with E-state index >= 15 is 0 Å². The number of carbonyl (C=O) groups excluding carboxylic acids is 1. The summed E-state index contributed by atoms with van der Waals surface area (Å²) in [6.07, 6.45) is 0.785. The summed E-state index contributed by atoms with van der Waals surface area (Å²) in [5.74, 6) is -1.51. The van der Waals surface area contributed by atoms with E-state index in [0.717, 1.165) is 5.01 Å². The Kier molecular flexibility index (Phi) is 5.91. The second kappa shape index (κ2) is 7.20. The van der Waals surface area contributed by atoms with Gasteiger partial charge in [0.15, 0.2) is 0 Å². The van der Waals surface area contributed by atoms with Crippen molar-refractivity contribution in [3.05, 3.63) is 16.1 Å². The molecule has 0 radical (unpaired) electrons. The zero-order chi connectivity index (χ0) is 14.4. The first-order valence-electron chi connectivity index (χ1n) is 6.09. The number of carboxylic acids is 1. The zero-order valence-electron chi connectivity index (χ0n) is 11.0. The van der Waals surface area contributed by atoms with Gasteiger partial charge in [0.05, 0.1) is 17.1 Å². The Balaban J connectivity index is 2.56. The average molecular weight is 285 g/mol. The summed E-state index contributed by atoms with van der Waals surface area (Å²) < 4.78 is 0. The van der Waals surface area contributed by atoms with Crippen LogP contribution in [0.15, 0.2) is 5.38 Å². The van der Waals surface area contributed by atoms with Crippen LogP contribution in [0.2, 0.25) is 0 Å². The molecule has 1 aromatic heterocycles. The lowest BCUT2D eigenvalue weighted by molar-refractivity contribution is -0.143. The summed E-state index contributed by atoms with van der Waals surface area (Å²) in [5, 5.41) is 14.2. The Morgan fingerprint density at radius 1 is 1.53 bits per heavy atom. The van der Waals surface area contributed by atoms with Crippen LogP contribution in [0.25, 0.3) is 0 Å². The molecule has 0 bridgehead atoms. The number of carbonyl (C=O) groups is 2. The van der Waals surface area contributed by atoms with Crippen LogP contribution in [0.1, 0.15) is 24.5 Å². The van der Waals surface area contributed by atoms with Crippen LogP contribution in [-0.4, -0.2) is 34.6 Å². The van der Waals surface area contributed by atoms with Gasteiger partial charge in [0.25, 0.3) is 0 Å². The summed E-state index contributed by atoms with van der Waals surface area (Å²) in [4.78, 5) is 27.0. The fourth-order valence-electron chi connectivity index (χ4n) is 1.57. The molecule has 6 nitrogen and oxygen atoms in total. The molecule has 7 heteroatoms. The summed E-state index contributed by atoms with van der Waals surface area (Å²) in [7, 11) is 0. The molecule has 1 aromatic rings. The first-order valence-corrected chi connectivity index (χ1v) is 6.97. The summed E-state index contributed by atoms with van der Waals surface area (Å²) in [6, 6.07) is -0.866. The van der Waals surface area contributed by atoms with Gasteiger partial charge in [-0.2, -0.15) is 0 Å². The van der Waals surface area contributed by atoms with Gasteiger partial charge in [-0.25, -0.2) is 9.78 Å². The average Bonchev–Trinajstić information content (AvgIpc) is 2.73. The van der Waals surface area contributed by atoms with Crippen molar-refractivity contribution < 1.29 is 14.7 Å². The van der Waals surface area contributed by atoms with Gasteiger partial charge in [-0.05, 0) is 12.5 Å². The molecule has 0 spiro atoms. The van der Waals surface area contributed by atoms with E-state index in [4.69, 9.17) is 10.8 Å². The van der Waals surface area contributed by atoms with Crippen molar-refractivity contribution in [1.29, 1.82) is 0 Å². The van der Waals surface area contributed by atoms with Crippen molar-refractivity contribution in [1.82, 2.24) is 10.3 Å². The third-order valence-corrected chi connectivity index (χ3v) is 3.51. The molecule has 106 valence electrons. The Hall–Kier alpha value is -1.47. The molecule has 1 rings (SSSR count). The number of nitrogens with one attached hydrogen (secondary N) is 1. The van der Waals surface area contributed by atoms with Crippen molar-refractivity contribution >= 4 is 23.2 Å². The number of carboxylic acid groups (broad SMARTS) is 1. The largest absolute Gasteiger partial charge is 0.480 e. The van der Waals surface area contributed by atoms with Crippen molar-refractivity contribution in [2.24, 2.45) is 11.7 Å². The van der Waals surface area contributed by atoms with E-state index in [1.165, 1.54) is 11.3 Å². The Bertz CT molecular complexity index is 445. The minimum Gasteiger partial charge on any atom is -0.480 e. The first kappa shape index (κ1) is 15.6. The molecule has 0 aromatic carbocycles. The van der Waals surface area contributed by atoms with Gasteiger partial charge in [0.2, 0.25) is 5.91 Å². The molecule has 19 heavy (non-hydrogen) atoms. The molecule has 1 atom stereocenters. The van der Waals surface area contributed by atoms with E-state index in [0.29, 0.717) is 18.7 Å². The van der Waals surface area contributed by atoms with Gasteiger partial charge in [-0.1, -0.05) is 13.8 Å². The van der Waals surface area contributed by atoms with E-state index in [2.05, 4.69) is 10.3 Å². The fraction of sp³-hybridized carbons (Fsp3) is 0.583. The molecule has 1 heterocycles. The molecule has 1 unspecified atom stereocenters. The Morgan fingerprint density at radius 2 is 2.21 bits per heavy atom. The highest BCUT2D eigenvalue weighted by molar-refractivity contribution is 7.09. The maximum Gasteiger partial charge on any atom is 0.326 e. The highest BCUT2D eigenvalue weighted by atomic mass is 32.1. The van der Waals surface area contributed by atoms with Gasteiger partial charge in [-0.15, -0.1) is 11.3 Å². The maximum atomic E-state index is 11.8. The predicted octanol–water partition coefficient (Wildman–Crippen LogP) is 0.412. The molecule has 1 amide bonds. The van der Waals surface area contributed by atoms with Gasteiger partial charge < -0.3 is 16.2 Å². The monoisotopic (exact) mass is 285 g/mol. The van der Waals surface area contributed by atoms with Gasteiger partial charge in [-0.3, -0.25) is 4.79 Å². The second-order valence-electron chi connectivity index (χ2n) is 4.58. The summed E-state index contributed by atoms with van der Waals surface area (Å²) in [6.45, 7) is 4.02. The highest BCUT2D eigenvalue weighted by Crippen LogP contribution is 2.11. The third kappa shape index (κ3) is 4.96. The smallest absolute Gasteiger partial charge is 0.326 e. The number of rotatable bonds is 7. The molecule has 4 N–H and O–H groups in total. The number of amides is 1. The summed E-state index contributed by atoms with van der Waals surface area (Å²) >= 11 is 1.46. The van der Waals surface area contributed by atoms with Crippen LogP contribution >= 0.6 is 11.3 Å². The quantitative estimate of drug-likeness (QED) is 0.673. The van der Waals surface area contributed by atoms with E-state index in [1.54, 1.807) is 19.2 Å². The van der Waals surface area contributed by atoms with E-state index in [-0.39, 0.29) is 18.2 Å². The molecule has 0 fully saturated rings. The van der Waals surface area contributed by atoms with Crippen molar-refractivity contribution in [3.8, 4) is 0 Å². The number of aliphatic carboxylic acids is 1. The maximum absolute atomic E-state index is 11.8.